The van der Waals surface area contributed by atoms with Crippen LogP contribution < -0.4 is 5.19 Å². The van der Waals surface area contributed by atoms with Gasteiger partial charge in [0.1, 0.15) is 0 Å². The van der Waals surface area contributed by atoms with Crippen LogP contribution in [-0.4, -0.2) is 13.1 Å². The van der Waals surface area contributed by atoms with Gasteiger partial charge in [0.05, 0.1) is 19.3 Å². The molecule has 0 aliphatic heterocycles. The molecule has 140 valence electrons. The van der Waals surface area contributed by atoms with Gasteiger partial charge in [-0.2, -0.15) is 0 Å². The standard InChI is InChI=1S/C20H16F5NSi/c1-27(2,3)13-7-8-14(26-10-13)11-5-4-6-12(9-11)15-16(21)18(23)20(25)19(24)17(15)22/h4-10H,1-3H3. The van der Waals surface area contributed by atoms with Crippen molar-refractivity contribution >= 4 is 13.3 Å². The molecule has 0 bridgehead atoms. The van der Waals surface area contributed by atoms with Crippen molar-refractivity contribution in [3.63, 3.8) is 0 Å². The van der Waals surface area contributed by atoms with Crippen molar-refractivity contribution in [3.05, 3.63) is 71.7 Å². The number of halogens is 5. The highest BCUT2D eigenvalue weighted by atomic mass is 28.3. The summed E-state index contributed by atoms with van der Waals surface area (Å²) in [6, 6.07) is 9.51. The van der Waals surface area contributed by atoms with Crippen molar-refractivity contribution in [1.82, 2.24) is 4.98 Å². The molecule has 0 spiro atoms. The van der Waals surface area contributed by atoms with Gasteiger partial charge < -0.3 is 0 Å². The molecule has 0 saturated carbocycles. The lowest BCUT2D eigenvalue weighted by atomic mass is 10.00. The predicted molar refractivity (Wildman–Crippen MR) is 97.9 cm³/mol. The zero-order valence-corrected chi connectivity index (χ0v) is 15.9. The van der Waals surface area contributed by atoms with Crippen molar-refractivity contribution < 1.29 is 22.0 Å². The molecule has 0 aliphatic rings. The quantitative estimate of drug-likeness (QED) is 0.242. The molecule has 1 nitrogen and oxygen atoms in total. The summed E-state index contributed by atoms with van der Waals surface area (Å²) in [5, 5.41) is 1.14. The van der Waals surface area contributed by atoms with E-state index < -0.39 is 42.7 Å². The van der Waals surface area contributed by atoms with E-state index in [1.165, 1.54) is 18.2 Å². The summed E-state index contributed by atoms with van der Waals surface area (Å²) in [6.45, 7) is 6.52. The van der Waals surface area contributed by atoms with Gasteiger partial charge in [0.25, 0.3) is 0 Å². The van der Waals surface area contributed by atoms with Crippen molar-refractivity contribution in [3.8, 4) is 22.4 Å². The molecule has 0 aliphatic carbocycles. The van der Waals surface area contributed by atoms with Crippen molar-refractivity contribution in [2.45, 2.75) is 19.6 Å². The Hall–Kier alpha value is -2.54. The third-order valence-corrected chi connectivity index (χ3v) is 6.31. The average Bonchev–Trinajstić information content (AvgIpc) is 2.65. The second-order valence-corrected chi connectivity index (χ2v) is 12.3. The number of benzene rings is 2. The summed E-state index contributed by atoms with van der Waals surface area (Å²) in [5.41, 5.74) is -0.00960. The molecule has 2 aromatic carbocycles. The van der Waals surface area contributed by atoms with E-state index in [-0.39, 0.29) is 5.56 Å². The van der Waals surface area contributed by atoms with Crippen molar-refractivity contribution in [1.29, 1.82) is 0 Å². The van der Waals surface area contributed by atoms with E-state index in [2.05, 4.69) is 24.6 Å². The summed E-state index contributed by atoms with van der Waals surface area (Å²) in [6.07, 6.45) is 1.76. The van der Waals surface area contributed by atoms with Crippen LogP contribution in [0.15, 0.2) is 42.6 Å². The van der Waals surface area contributed by atoms with Gasteiger partial charge in [-0.15, -0.1) is 0 Å². The third kappa shape index (κ3) is 3.51. The predicted octanol–water partition coefficient (Wildman–Crippen LogP) is 5.66. The first-order chi connectivity index (χ1) is 12.6. The molecule has 0 N–H and O–H groups in total. The van der Waals surface area contributed by atoms with Crippen LogP contribution in [0.25, 0.3) is 22.4 Å². The lowest BCUT2D eigenvalue weighted by Gasteiger charge is -2.16. The second kappa shape index (κ2) is 6.88. The number of aromatic nitrogens is 1. The molecule has 1 heterocycles. The largest absolute Gasteiger partial charge is 0.256 e. The van der Waals surface area contributed by atoms with Crippen LogP contribution in [0.2, 0.25) is 19.6 Å². The van der Waals surface area contributed by atoms with E-state index in [1.807, 2.05) is 6.07 Å². The van der Waals surface area contributed by atoms with E-state index in [0.717, 1.165) is 5.19 Å². The van der Waals surface area contributed by atoms with E-state index in [1.54, 1.807) is 18.3 Å². The lowest BCUT2D eigenvalue weighted by Crippen LogP contribution is -2.37. The molecule has 0 fully saturated rings. The van der Waals surface area contributed by atoms with Crippen molar-refractivity contribution in [2.24, 2.45) is 0 Å². The average molecular weight is 393 g/mol. The molecule has 0 radical (unpaired) electrons. The summed E-state index contributed by atoms with van der Waals surface area (Å²) in [4.78, 5) is 4.38. The van der Waals surface area contributed by atoms with E-state index in [0.29, 0.717) is 11.3 Å². The van der Waals surface area contributed by atoms with Gasteiger partial charge in [-0.25, -0.2) is 22.0 Å². The van der Waals surface area contributed by atoms with Crippen LogP contribution in [-0.2, 0) is 0 Å². The first-order valence-electron chi connectivity index (χ1n) is 8.20. The van der Waals surface area contributed by atoms with Gasteiger partial charge >= 0.3 is 0 Å². The van der Waals surface area contributed by atoms with Gasteiger partial charge in [0, 0.05) is 11.8 Å². The minimum absolute atomic E-state index is 0.114. The maximum atomic E-state index is 14.1. The first kappa shape index (κ1) is 19.2. The highest BCUT2D eigenvalue weighted by molar-refractivity contribution is 6.88. The number of pyridine rings is 1. The maximum Gasteiger partial charge on any atom is 0.200 e. The molecule has 3 aromatic rings. The Balaban J connectivity index is 2.10. The number of rotatable bonds is 3. The molecule has 27 heavy (non-hydrogen) atoms. The molecule has 0 unspecified atom stereocenters. The summed E-state index contributed by atoms with van der Waals surface area (Å²) in [7, 11) is -1.53. The normalized spacial score (nSPS) is 11.7. The topological polar surface area (TPSA) is 12.9 Å². The Bertz CT molecular complexity index is 981. The molecule has 1 aromatic heterocycles. The Kier molecular flexibility index (Phi) is 4.90. The van der Waals surface area contributed by atoms with Gasteiger partial charge in [-0.05, 0) is 22.9 Å². The van der Waals surface area contributed by atoms with E-state index in [4.69, 9.17) is 0 Å². The SMILES string of the molecule is C[Si](C)(C)c1ccc(-c2cccc(-c3c(F)c(F)c(F)c(F)c3F)c2)nc1. The fourth-order valence-electron chi connectivity index (χ4n) is 2.70. The summed E-state index contributed by atoms with van der Waals surface area (Å²) >= 11 is 0. The Morgan fingerprint density at radius 2 is 1.26 bits per heavy atom. The number of hydrogen-bond acceptors (Lipinski definition) is 1. The van der Waals surface area contributed by atoms with Crippen LogP contribution in [0.5, 0.6) is 0 Å². The molecule has 0 atom stereocenters. The fraction of sp³-hybridized carbons (Fsp3) is 0.150. The van der Waals surface area contributed by atoms with Crippen LogP contribution in [0.1, 0.15) is 0 Å². The zero-order chi connectivity index (χ0) is 19.9. The number of hydrogen-bond donors (Lipinski definition) is 0. The van der Waals surface area contributed by atoms with Gasteiger partial charge in [-0.3, -0.25) is 4.98 Å². The highest BCUT2D eigenvalue weighted by Gasteiger charge is 2.26. The van der Waals surface area contributed by atoms with E-state index >= 15 is 0 Å². The van der Waals surface area contributed by atoms with Gasteiger partial charge in [0.2, 0.25) is 5.82 Å². The van der Waals surface area contributed by atoms with Gasteiger partial charge in [0.15, 0.2) is 23.3 Å². The highest BCUT2D eigenvalue weighted by Crippen LogP contribution is 2.33. The first-order valence-corrected chi connectivity index (χ1v) is 11.7. The summed E-state index contributed by atoms with van der Waals surface area (Å²) < 4.78 is 68.4. The van der Waals surface area contributed by atoms with Crippen molar-refractivity contribution in [2.75, 3.05) is 0 Å². The lowest BCUT2D eigenvalue weighted by molar-refractivity contribution is 0.381. The van der Waals surface area contributed by atoms with Crippen LogP contribution in [0, 0.1) is 29.1 Å². The second-order valence-electron chi connectivity index (χ2n) is 7.21. The molecule has 3 rings (SSSR count). The Morgan fingerprint density at radius 3 is 1.78 bits per heavy atom. The third-order valence-electron chi connectivity index (χ3n) is 4.29. The monoisotopic (exact) mass is 393 g/mol. The van der Waals surface area contributed by atoms with Crippen LogP contribution >= 0.6 is 0 Å². The Morgan fingerprint density at radius 1 is 0.704 bits per heavy atom. The molecule has 7 heteroatoms. The van der Waals surface area contributed by atoms with E-state index in [9.17, 15) is 22.0 Å². The maximum absolute atomic E-state index is 14.1. The number of nitrogens with zero attached hydrogens (tertiary/aromatic N) is 1. The molecular formula is C20H16F5NSi. The van der Waals surface area contributed by atoms with Crippen LogP contribution in [0.4, 0.5) is 22.0 Å². The zero-order valence-electron chi connectivity index (χ0n) is 14.9. The minimum Gasteiger partial charge on any atom is -0.256 e. The fourth-order valence-corrected chi connectivity index (χ4v) is 3.74. The summed E-state index contributed by atoms with van der Waals surface area (Å²) in [5.74, 6) is -9.82. The molecular weight excluding hydrogens is 377 g/mol. The van der Waals surface area contributed by atoms with Crippen LogP contribution in [0.3, 0.4) is 0 Å². The Labute approximate surface area is 154 Å². The van der Waals surface area contributed by atoms with Gasteiger partial charge in [-0.1, -0.05) is 43.9 Å². The smallest absolute Gasteiger partial charge is 0.200 e. The minimum atomic E-state index is -2.17. The molecule has 0 saturated heterocycles. The molecule has 0 amide bonds.